The summed E-state index contributed by atoms with van der Waals surface area (Å²) in [5, 5.41) is 7.23. The Balaban J connectivity index is 1.28. The molecule has 1 aliphatic heterocycles. The van der Waals surface area contributed by atoms with E-state index in [4.69, 9.17) is 14.2 Å². The summed E-state index contributed by atoms with van der Waals surface area (Å²) in [6.07, 6.45) is 2.94. The van der Waals surface area contributed by atoms with Crippen molar-refractivity contribution in [2.75, 3.05) is 13.9 Å². The van der Waals surface area contributed by atoms with Gasteiger partial charge in [0.15, 0.2) is 11.5 Å². The number of amides is 2. The summed E-state index contributed by atoms with van der Waals surface area (Å²) in [4.78, 5) is 16.0. The Morgan fingerprint density at radius 1 is 1.21 bits per heavy atom. The number of nitrogens with one attached hydrogen (secondary N) is 3. The zero-order chi connectivity index (χ0) is 19.8. The largest absolute Gasteiger partial charge is 0.497 e. The molecule has 3 N–H and O–H groups in total. The van der Waals surface area contributed by atoms with E-state index >= 15 is 0 Å². The Morgan fingerprint density at radius 2 is 2.10 bits per heavy atom. The highest BCUT2D eigenvalue weighted by atomic mass is 16.7. The van der Waals surface area contributed by atoms with E-state index in [1.54, 1.807) is 7.11 Å². The predicted octanol–water partition coefficient (Wildman–Crippen LogP) is 3.78. The van der Waals surface area contributed by atoms with Gasteiger partial charge in [0, 0.05) is 23.1 Å². The number of urea groups is 1. The maximum Gasteiger partial charge on any atom is 0.315 e. The molecule has 7 heteroatoms. The van der Waals surface area contributed by atoms with Crippen molar-refractivity contribution in [3.8, 4) is 17.2 Å². The van der Waals surface area contributed by atoms with E-state index in [9.17, 15) is 4.79 Å². The van der Waals surface area contributed by atoms with Crippen molar-refractivity contribution >= 4 is 16.9 Å². The third-order valence-electron chi connectivity index (χ3n) is 5.61. The molecule has 0 fully saturated rings. The van der Waals surface area contributed by atoms with E-state index in [1.807, 2.05) is 30.3 Å². The van der Waals surface area contributed by atoms with Gasteiger partial charge < -0.3 is 29.8 Å². The van der Waals surface area contributed by atoms with Crippen LogP contribution in [-0.2, 0) is 13.0 Å². The Labute approximate surface area is 168 Å². The lowest BCUT2D eigenvalue weighted by Crippen LogP contribution is -2.38. The van der Waals surface area contributed by atoms with Crippen molar-refractivity contribution in [1.29, 1.82) is 0 Å². The minimum Gasteiger partial charge on any atom is -0.497 e. The molecule has 1 aromatic heterocycles. The number of carbonyl (C=O) groups is 1. The SMILES string of the molecule is COc1ccc2[nH]c3c(c2c1)CCC[C@H]3NC(=O)NCc1ccc2c(c1)OCO2. The normalized spacial score (nSPS) is 17.1. The van der Waals surface area contributed by atoms with Gasteiger partial charge in [0.2, 0.25) is 6.79 Å². The quantitative estimate of drug-likeness (QED) is 0.630. The van der Waals surface area contributed by atoms with Gasteiger partial charge in [-0.2, -0.15) is 0 Å². The molecule has 0 spiro atoms. The van der Waals surface area contributed by atoms with Crippen LogP contribution in [0.15, 0.2) is 36.4 Å². The fourth-order valence-electron chi connectivity index (χ4n) is 4.16. The molecule has 3 aromatic rings. The molecule has 0 saturated heterocycles. The van der Waals surface area contributed by atoms with E-state index in [0.717, 1.165) is 53.3 Å². The molecule has 0 bridgehead atoms. The first-order chi connectivity index (χ1) is 14.2. The number of carbonyl (C=O) groups excluding carboxylic acids is 1. The molecule has 2 aliphatic rings. The number of methoxy groups -OCH3 is 1. The van der Waals surface area contributed by atoms with E-state index in [2.05, 4.69) is 21.7 Å². The summed E-state index contributed by atoms with van der Waals surface area (Å²) in [6.45, 7) is 0.666. The van der Waals surface area contributed by atoms with Gasteiger partial charge in [-0.1, -0.05) is 6.07 Å². The van der Waals surface area contributed by atoms with Crippen molar-refractivity contribution < 1.29 is 19.0 Å². The summed E-state index contributed by atoms with van der Waals surface area (Å²) >= 11 is 0. The number of aromatic amines is 1. The second-order valence-corrected chi connectivity index (χ2v) is 7.39. The minimum atomic E-state index is -0.184. The lowest BCUT2D eigenvalue weighted by molar-refractivity contribution is 0.174. The van der Waals surface area contributed by atoms with E-state index < -0.39 is 0 Å². The van der Waals surface area contributed by atoms with Gasteiger partial charge in [0.05, 0.1) is 13.2 Å². The maximum absolute atomic E-state index is 12.5. The summed E-state index contributed by atoms with van der Waals surface area (Å²) in [5.74, 6) is 2.30. The molecule has 0 radical (unpaired) electrons. The van der Waals surface area contributed by atoms with Crippen molar-refractivity contribution in [2.24, 2.45) is 0 Å². The molecule has 7 nitrogen and oxygen atoms in total. The number of aromatic nitrogens is 1. The molecular formula is C22H23N3O4. The molecular weight excluding hydrogens is 370 g/mol. The Hall–Kier alpha value is -3.35. The molecule has 0 saturated carbocycles. The van der Waals surface area contributed by atoms with Crippen LogP contribution < -0.4 is 24.8 Å². The minimum absolute atomic E-state index is 0.0334. The second kappa shape index (κ2) is 7.24. The third-order valence-corrected chi connectivity index (χ3v) is 5.61. The third kappa shape index (κ3) is 3.33. The van der Waals surface area contributed by atoms with Crippen LogP contribution in [0.25, 0.3) is 10.9 Å². The smallest absolute Gasteiger partial charge is 0.315 e. The fraction of sp³-hybridized carbons (Fsp3) is 0.318. The van der Waals surface area contributed by atoms with Crippen molar-refractivity contribution in [1.82, 2.24) is 15.6 Å². The molecule has 29 heavy (non-hydrogen) atoms. The predicted molar refractivity (Wildman–Crippen MR) is 108 cm³/mol. The van der Waals surface area contributed by atoms with Crippen LogP contribution in [0.5, 0.6) is 17.2 Å². The van der Waals surface area contributed by atoms with Gasteiger partial charge in [-0.3, -0.25) is 0 Å². The van der Waals surface area contributed by atoms with Gasteiger partial charge in [0.1, 0.15) is 5.75 Å². The Bertz CT molecular complexity index is 1080. The molecule has 2 heterocycles. The molecule has 2 amide bonds. The van der Waals surface area contributed by atoms with Gasteiger partial charge >= 0.3 is 6.03 Å². The zero-order valence-corrected chi connectivity index (χ0v) is 16.2. The highest BCUT2D eigenvalue weighted by molar-refractivity contribution is 5.87. The van der Waals surface area contributed by atoms with Crippen LogP contribution in [0, 0.1) is 0 Å². The number of aryl methyl sites for hydroxylation is 1. The van der Waals surface area contributed by atoms with Gasteiger partial charge in [-0.05, 0) is 60.7 Å². The van der Waals surface area contributed by atoms with Crippen molar-refractivity contribution in [2.45, 2.75) is 31.8 Å². The van der Waals surface area contributed by atoms with Gasteiger partial charge in [-0.25, -0.2) is 4.79 Å². The van der Waals surface area contributed by atoms with Crippen LogP contribution in [-0.4, -0.2) is 24.9 Å². The Kier molecular flexibility index (Phi) is 4.42. The highest BCUT2D eigenvalue weighted by Crippen LogP contribution is 2.36. The second-order valence-electron chi connectivity index (χ2n) is 7.39. The highest BCUT2D eigenvalue weighted by Gasteiger charge is 2.25. The van der Waals surface area contributed by atoms with E-state index in [1.165, 1.54) is 10.9 Å². The zero-order valence-electron chi connectivity index (χ0n) is 16.2. The van der Waals surface area contributed by atoms with E-state index in [0.29, 0.717) is 6.54 Å². The van der Waals surface area contributed by atoms with Crippen molar-refractivity contribution in [3.63, 3.8) is 0 Å². The first kappa shape index (κ1) is 17.7. The first-order valence-electron chi connectivity index (χ1n) is 9.82. The molecule has 2 aromatic carbocycles. The number of hydrogen-bond acceptors (Lipinski definition) is 4. The average Bonchev–Trinajstić information content (AvgIpc) is 3.36. The number of hydrogen-bond donors (Lipinski definition) is 3. The fourth-order valence-corrected chi connectivity index (χ4v) is 4.16. The molecule has 1 aliphatic carbocycles. The summed E-state index contributed by atoms with van der Waals surface area (Å²) < 4.78 is 16.1. The number of rotatable bonds is 4. The molecule has 1 atom stereocenters. The lowest BCUT2D eigenvalue weighted by Gasteiger charge is -2.24. The molecule has 0 unspecified atom stereocenters. The van der Waals surface area contributed by atoms with Gasteiger partial charge in [0.25, 0.3) is 0 Å². The number of ether oxygens (including phenoxy) is 3. The van der Waals surface area contributed by atoms with Crippen LogP contribution >= 0.6 is 0 Å². The summed E-state index contributed by atoms with van der Waals surface area (Å²) in [6, 6.07) is 11.5. The molecule has 150 valence electrons. The van der Waals surface area contributed by atoms with Crippen LogP contribution in [0.4, 0.5) is 4.79 Å². The van der Waals surface area contributed by atoms with E-state index in [-0.39, 0.29) is 18.9 Å². The number of fused-ring (bicyclic) bond motifs is 4. The lowest BCUT2D eigenvalue weighted by atomic mass is 9.92. The number of H-pyrrole nitrogens is 1. The monoisotopic (exact) mass is 393 g/mol. The standard InChI is InChI=1S/C22H23N3O4/c1-27-14-6-7-17-16(10-14)15-3-2-4-18(21(15)24-17)25-22(26)23-11-13-5-8-19-20(9-13)29-12-28-19/h5-10,18,24H,2-4,11-12H2,1H3,(H2,23,25,26)/t18-/m1/s1. The van der Waals surface area contributed by atoms with Crippen LogP contribution in [0.2, 0.25) is 0 Å². The maximum atomic E-state index is 12.5. The molecule has 5 rings (SSSR count). The topological polar surface area (TPSA) is 84.6 Å². The average molecular weight is 393 g/mol. The summed E-state index contributed by atoms with van der Waals surface area (Å²) in [7, 11) is 1.68. The van der Waals surface area contributed by atoms with Gasteiger partial charge in [-0.15, -0.1) is 0 Å². The van der Waals surface area contributed by atoms with Crippen LogP contribution in [0.1, 0.15) is 35.7 Å². The van der Waals surface area contributed by atoms with Crippen molar-refractivity contribution in [3.05, 3.63) is 53.2 Å². The Morgan fingerprint density at radius 3 is 3.00 bits per heavy atom. The van der Waals surface area contributed by atoms with Crippen LogP contribution in [0.3, 0.4) is 0 Å². The first-order valence-corrected chi connectivity index (χ1v) is 9.82. The number of benzene rings is 2. The summed E-state index contributed by atoms with van der Waals surface area (Å²) in [5.41, 5.74) is 4.40.